The van der Waals surface area contributed by atoms with Gasteiger partial charge >= 0.3 is 6.18 Å². The fourth-order valence-electron chi connectivity index (χ4n) is 1.72. The average molecular weight is 295 g/mol. The van der Waals surface area contributed by atoms with Gasteiger partial charge in [0.2, 0.25) is 0 Å². The van der Waals surface area contributed by atoms with Gasteiger partial charge < -0.3 is 11.1 Å². The monoisotopic (exact) mass is 295 g/mol. The van der Waals surface area contributed by atoms with E-state index in [1.807, 2.05) is 0 Å². The summed E-state index contributed by atoms with van der Waals surface area (Å²) in [5.74, 6) is -0.608. The van der Waals surface area contributed by atoms with Crippen LogP contribution in [0.4, 0.5) is 24.5 Å². The smallest absolute Gasteiger partial charge is 0.398 e. The van der Waals surface area contributed by atoms with Crippen LogP contribution in [-0.2, 0) is 6.18 Å². The van der Waals surface area contributed by atoms with E-state index in [1.54, 1.807) is 6.92 Å². The Morgan fingerprint density at radius 2 is 2.00 bits per heavy atom. The number of hydrogen-bond donors (Lipinski definition) is 2. The fourth-order valence-corrected chi connectivity index (χ4v) is 1.72. The standard InChI is InChI=1S/C14H12F3N3O/c1-8-2-3-9(14(15,16)17)6-12(8)20-13(21)10-7-19-5-4-11(10)18/h2-7H,1H3,(H2,18,19)(H,20,21). The second kappa shape index (κ2) is 5.43. The van der Waals surface area contributed by atoms with Crippen molar-refractivity contribution in [3.63, 3.8) is 0 Å². The first-order chi connectivity index (χ1) is 9.79. The van der Waals surface area contributed by atoms with Crippen LogP contribution < -0.4 is 11.1 Å². The van der Waals surface area contributed by atoms with E-state index < -0.39 is 17.6 Å². The molecule has 1 amide bonds. The number of nitrogen functional groups attached to an aromatic ring is 1. The van der Waals surface area contributed by atoms with Crippen molar-refractivity contribution < 1.29 is 18.0 Å². The SMILES string of the molecule is Cc1ccc(C(F)(F)F)cc1NC(=O)c1cnccc1N. The number of alkyl halides is 3. The van der Waals surface area contributed by atoms with Crippen molar-refractivity contribution in [3.8, 4) is 0 Å². The van der Waals surface area contributed by atoms with E-state index in [1.165, 1.54) is 24.5 Å². The number of anilines is 2. The predicted molar refractivity (Wildman–Crippen MR) is 72.8 cm³/mol. The summed E-state index contributed by atoms with van der Waals surface area (Å²) in [6, 6.07) is 4.59. The zero-order valence-electron chi connectivity index (χ0n) is 11.0. The molecule has 0 saturated heterocycles. The molecule has 0 radical (unpaired) electrons. The molecule has 0 saturated carbocycles. The van der Waals surface area contributed by atoms with Crippen LogP contribution in [0.5, 0.6) is 0 Å². The Morgan fingerprint density at radius 1 is 1.29 bits per heavy atom. The minimum absolute atomic E-state index is 0.0816. The van der Waals surface area contributed by atoms with Crippen LogP contribution in [0.2, 0.25) is 0 Å². The minimum atomic E-state index is -4.47. The van der Waals surface area contributed by atoms with Crippen LogP contribution in [0, 0.1) is 6.92 Å². The van der Waals surface area contributed by atoms with Crippen molar-refractivity contribution in [1.29, 1.82) is 0 Å². The van der Waals surface area contributed by atoms with Crippen molar-refractivity contribution in [2.24, 2.45) is 0 Å². The van der Waals surface area contributed by atoms with Crippen molar-refractivity contribution in [2.75, 3.05) is 11.1 Å². The molecule has 1 aromatic heterocycles. The fraction of sp³-hybridized carbons (Fsp3) is 0.143. The maximum absolute atomic E-state index is 12.7. The minimum Gasteiger partial charge on any atom is -0.398 e. The molecular weight excluding hydrogens is 283 g/mol. The lowest BCUT2D eigenvalue weighted by atomic mass is 10.1. The number of amides is 1. The first-order valence-corrected chi connectivity index (χ1v) is 5.97. The highest BCUT2D eigenvalue weighted by molar-refractivity contribution is 6.07. The molecule has 0 fully saturated rings. The van der Waals surface area contributed by atoms with Crippen LogP contribution in [-0.4, -0.2) is 10.9 Å². The molecule has 1 aromatic carbocycles. The third-order valence-corrected chi connectivity index (χ3v) is 2.91. The van der Waals surface area contributed by atoms with Gasteiger partial charge in [0.25, 0.3) is 5.91 Å². The van der Waals surface area contributed by atoms with Gasteiger partial charge in [0, 0.05) is 23.8 Å². The van der Waals surface area contributed by atoms with Crippen LogP contribution in [0.3, 0.4) is 0 Å². The second-order valence-electron chi connectivity index (χ2n) is 4.44. The Labute approximate surface area is 118 Å². The summed E-state index contributed by atoms with van der Waals surface area (Å²) in [5, 5.41) is 2.42. The van der Waals surface area contributed by atoms with E-state index in [2.05, 4.69) is 10.3 Å². The number of benzene rings is 1. The number of hydrogen-bond acceptors (Lipinski definition) is 3. The van der Waals surface area contributed by atoms with Gasteiger partial charge in [0.05, 0.1) is 11.1 Å². The van der Waals surface area contributed by atoms with Crippen molar-refractivity contribution in [3.05, 3.63) is 53.3 Å². The summed E-state index contributed by atoms with van der Waals surface area (Å²) in [5.41, 5.74) is 5.70. The molecule has 7 heteroatoms. The lowest BCUT2D eigenvalue weighted by Gasteiger charge is -2.13. The molecule has 0 bridgehead atoms. The number of carbonyl (C=O) groups excluding carboxylic acids is 1. The van der Waals surface area contributed by atoms with E-state index in [9.17, 15) is 18.0 Å². The molecule has 0 unspecified atom stereocenters. The normalized spacial score (nSPS) is 11.2. The summed E-state index contributed by atoms with van der Waals surface area (Å²) in [6.07, 6.45) is -1.80. The molecule has 21 heavy (non-hydrogen) atoms. The number of nitrogens with two attached hydrogens (primary N) is 1. The maximum atomic E-state index is 12.7. The van der Waals surface area contributed by atoms with Gasteiger partial charge in [0.15, 0.2) is 0 Å². The zero-order valence-corrected chi connectivity index (χ0v) is 11.0. The van der Waals surface area contributed by atoms with Gasteiger partial charge in [-0.25, -0.2) is 0 Å². The Hall–Kier alpha value is -2.57. The first-order valence-electron chi connectivity index (χ1n) is 5.97. The Balaban J connectivity index is 2.31. The van der Waals surface area contributed by atoms with Crippen molar-refractivity contribution in [1.82, 2.24) is 4.98 Å². The Bertz CT molecular complexity index is 683. The number of aromatic nitrogens is 1. The topological polar surface area (TPSA) is 68.0 Å². The summed E-state index contributed by atoms with van der Waals surface area (Å²) >= 11 is 0. The molecule has 4 nitrogen and oxygen atoms in total. The molecule has 0 aliphatic rings. The summed E-state index contributed by atoms with van der Waals surface area (Å²) in [6.45, 7) is 1.60. The number of pyridine rings is 1. The molecule has 110 valence electrons. The molecule has 3 N–H and O–H groups in total. The summed E-state index contributed by atoms with van der Waals surface area (Å²) in [7, 11) is 0. The number of rotatable bonds is 2. The third kappa shape index (κ3) is 3.31. The molecule has 1 heterocycles. The number of nitrogens with zero attached hydrogens (tertiary/aromatic N) is 1. The maximum Gasteiger partial charge on any atom is 0.416 e. The highest BCUT2D eigenvalue weighted by Crippen LogP contribution is 2.32. The molecule has 2 rings (SSSR count). The van der Waals surface area contributed by atoms with E-state index in [4.69, 9.17) is 5.73 Å². The highest BCUT2D eigenvalue weighted by Gasteiger charge is 2.31. The van der Waals surface area contributed by atoms with E-state index in [0.717, 1.165) is 12.1 Å². The van der Waals surface area contributed by atoms with Gasteiger partial charge in [-0.3, -0.25) is 9.78 Å². The van der Waals surface area contributed by atoms with E-state index in [-0.39, 0.29) is 16.9 Å². The quantitative estimate of drug-likeness (QED) is 0.893. The van der Waals surface area contributed by atoms with E-state index >= 15 is 0 Å². The first kappa shape index (κ1) is 14.8. The zero-order chi connectivity index (χ0) is 15.6. The molecule has 0 aliphatic heterocycles. The van der Waals surface area contributed by atoms with Gasteiger partial charge in [0.1, 0.15) is 0 Å². The van der Waals surface area contributed by atoms with Crippen LogP contribution in [0.1, 0.15) is 21.5 Å². The molecule has 0 atom stereocenters. The number of nitrogens with one attached hydrogen (secondary N) is 1. The lowest BCUT2D eigenvalue weighted by Crippen LogP contribution is -2.16. The van der Waals surface area contributed by atoms with Crippen molar-refractivity contribution >= 4 is 17.3 Å². The number of aryl methyl sites for hydroxylation is 1. The third-order valence-electron chi connectivity index (χ3n) is 2.91. The van der Waals surface area contributed by atoms with Crippen LogP contribution in [0.25, 0.3) is 0 Å². The highest BCUT2D eigenvalue weighted by atomic mass is 19.4. The van der Waals surface area contributed by atoms with E-state index in [0.29, 0.717) is 5.56 Å². The summed E-state index contributed by atoms with van der Waals surface area (Å²) in [4.78, 5) is 15.8. The second-order valence-corrected chi connectivity index (χ2v) is 4.44. The van der Waals surface area contributed by atoms with Crippen LogP contribution in [0.15, 0.2) is 36.7 Å². The Kier molecular flexibility index (Phi) is 3.84. The van der Waals surface area contributed by atoms with Gasteiger partial charge in [-0.2, -0.15) is 13.2 Å². The largest absolute Gasteiger partial charge is 0.416 e. The van der Waals surface area contributed by atoms with Gasteiger partial charge in [-0.1, -0.05) is 6.07 Å². The predicted octanol–water partition coefficient (Wildman–Crippen LogP) is 3.24. The molecule has 2 aromatic rings. The average Bonchev–Trinajstić information content (AvgIpc) is 2.40. The molecule has 0 aliphatic carbocycles. The molecular formula is C14H12F3N3O. The Morgan fingerprint density at radius 3 is 2.62 bits per heavy atom. The van der Waals surface area contributed by atoms with Gasteiger partial charge in [-0.15, -0.1) is 0 Å². The van der Waals surface area contributed by atoms with Crippen molar-refractivity contribution in [2.45, 2.75) is 13.1 Å². The summed E-state index contributed by atoms with van der Waals surface area (Å²) < 4.78 is 38.0. The number of halogens is 3. The molecule has 0 spiro atoms. The lowest BCUT2D eigenvalue weighted by molar-refractivity contribution is -0.137. The van der Waals surface area contributed by atoms with Gasteiger partial charge in [-0.05, 0) is 30.7 Å². The number of carbonyl (C=O) groups is 1. The van der Waals surface area contributed by atoms with Crippen LogP contribution >= 0.6 is 0 Å².